The highest BCUT2D eigenvalue weighted by Crippen LogP contribution is 2.34. The fourth-order valence-corrected chi connectivity index (χ4v) is 3.03. The Labute approximate surface area is 103 Å². The second-order valence-electron chi connectivity index (χ2n) is 5.32. The lowest BCUT2D eigenvalue weighted by Gasteiger charge is -2.31. The Morgan fingerprint density at radius 2 is 2.24 bits per heavy atom. The van der Waals surface area contributed by atoms with Crippen molar-refractivity contribution in [3.8, 4) is 0 Å². The number of aliphatic carboxylic acids is 1. The Morgan fingerprint density at radius 1 is 1.41 bits per heavy atom. The fraction of sp³-hybridized carbons (Fsp3) is 0.923. The second-order valence-corrected chi connectivity index (χ2v) is 5.32. The van der Waals surface area contributed by atoms with Crippen LogP contribution in [-0.4, -0.2) is 35.9 Å². The highest BCUT2D eigenvalue weighted by molar-refractivity contribution is 5.74. The van der Waals surface area contributed by atoms with Crippen LogP contribution in [0.1, 0.15) is 45.4 Å². The Balaban J connectivity index is 1.77. The predicted molar refractivity (Wildman–Crippen MR) is 65.0 cm³/mol. The van der Waals surface area contributed by atoms with E-state index >= 15 is 0 Å². The molecule has 4 nitrogen and oxygen atoms in total. The molecule has 1 aliphatic heterocycles. The van der Waals surface area contributed by atoms with E-state index in [0.717, 1.165) is 45.1 Å². The Bertz CT molecular complexity index is 269. The van der Waals surface area contributed by atoms with Crippen molar-refractivity contribution in [3.63, 3.8) is 0 Å². The van der Waals surface area contributed by atoms with Crippen molar-refractivity contribution in [1.82, 2.24) is 5.32 Å². The highest BCUT2D eigenvalue weighted by atomic mass is 16.5. The van der Waals surface area contributed by atoms with Crippen molar-refractivity contribution in [2.75, 3.05) is 6.61 Å². The van der Waals surface area contributed by atoms with Crippen LogP contribution in [0.2, 0.25) is 0 Å². The first kappa shape index (κ1) is 12.8. The van der Waals surface area contributed by atoms with Gasteiger partial charge in [0.1, 0.15) is 6.04 Å². The van der Waals surface area contributed by atoms with Gasteiger partial charge in [-0.15, -0.1) is 0 Å². The minimum absolute atomic E-state index is 0.334. The standard InChI is InChI=1S/C13H23NO3/c1-2-3-6-17-10-5-4-9-7-12(13(15)16)14-11(9)8-10/h9-12,14H,2-8H2,1H3,(H,15,16). The van der Waals surface area contributed by atoms with Crippen molar-refractivity contribution in [2.24, 2.45) is 5.92 Å². The zero-order valence-corrected chi connectivity index (χ0v) is 10.5. The van der Waals surface area contributed by atoms with Gasteiger partial charge in [-0.1, -0.05) is 13.3 Å². The lowest BCUT2D eigenvalue weighted by molar-refractivity contribution is -0.139. The van der Waals surface area contributed by atoms with Crippen LogP contribution in [0.15, 0.2) is 0 Å². The average molecular weight is 241 g/mol. The van der Waals surface area contributed by atoms with Gasteiger partial charge in [0, 0.05) is 12.6 Å². The van der Waals surface area contributed by atoms with E-state index in [1.807, 2.05) is 0 Å². The monoisotopic (exact) mass is 241 g/mol. The van der Waals surface area contributed by atoms with Gasteiger partial charge >= 0.3 is 5.97 Å². The minimum Gasteiger partial charge on any atom is -0.480 e. The van der Waals surface area contributed by atoms with Crippen LogP contribution in [0, 0.1) is 5.92 Å². The number of hydrogen-bond donors (Lipinski definition) is 2. The first-order chi connectivity index (χ1) is 8.20. The second kappa shape index (κ2) is 5.83. The van der Waals surface area contributed by atoms with E-state index in [4.69, 9.17) is 9.84 Å². The average Bonchev–Trinajstić information content (AvgIpc) is 2.72. The molecule has 1 heterocycles. The summed E-state index contributed by atoms with van der Waals surface area (Å²) in [6.07, 6.45) is 6.60. The number of carbonyl (C=O) groups is 1. The Morgan fingerprint density at radius 3 is 2.94 bits per heavy atom. The van der Waals surface area contributed by atoms with Gasteiger partial charge in [0.2, 0.25) is 0 Å². The number of carboxylic acid groups (broad SMARTS) is 1. The molecule has 0 bridgehead atoms. The van der Waals surface area contributed by atoms with E-state index in [1.54, 1.807) is 0 Å². The molecule has 4 unspecified atom stereocenters. The molecule has 0 aromatic carbocycles. The molecular formula is C13H23NO3. The molecule has 1 saturated heterocycles. The summed E-state index contributed by atoms with van der Waals surface area (Å²) in [4.78, 5) is 10.9. The van der Waals surface area contributed by atoms with Crippen LogP contribution in [0.3, 0.4) is 0 Å². The Hall–Kier alpha value is -0.610. The van der Waals surface area contributed by atoms with Crippen LogP contribution < -0.4 is 5.32 Å². The maximum absolute atomic E-state index is 10.9. The molecule has 2 rings (SSSR count). The van der Waals surface area contributed by atoms with Crippen LogP contribution in [0.4, 0.5) is 0 Å². The first-order valence-electron chi connectivity index (χ1n) is 6.81. The normalized spacial score (nSPS) is 36.8. The van der Waals surface area contributed by atoms with Crippen molar-refractivity contribution < 1.29 is 14.6 Å². The van der Waals surface area contributed by atoms with Crippen LogP contribution in [-0.2, 0) is 9.53 Å². The minimum atomic E-state index is -0.706. The quantitative estimate of drug-likeness (QED) is 0.720. The number of ether oxygens (including phenoxy) is 1. The lowest BCUT2D eigenvalue weighted by Crippen LogP contribution is -2.40. The maximum atomic E-state index is 10.9. The van der Waals surface area contributed by atoms with E-state index in [1.165, 1.54) is 0 Å². The molecule has 4 heteroatoms. The van der Waals surface area contributed by atoms with Crippen molar-refractivity contribution in [3.05, 3.63) is 0 Å². The van der Waals surface area contributed by atoms with E-state index in [0.29, 0.717) is 18.1 Å². The largest absolute Gasteiger partial charge is 0.480 e. The molecule has 1 saturated carbocycles. The van der Waals surface area contributed by atoms with Gasteiger partial charge in [-0.3, -0.25) is 4.79 Å². The molecule has 0 aromatic heterocycles. The topological polar surface area (TPSA) is 58.6 Å². The number of nitrogens with one attached hydrogen (secondary N) is 1. The number of rotatable bonds is 5. The molecule has 2 N–H and O–H groups in total. The van der Waals surface area contributed by atoms with Gasteiger partial charge < -0.3 is 15.2 Å². The molecule has 1 aliphatic carbocycles. The summed E-state index contributed by atoms with van der Waals surface area (Å²) >= 11 is 0. The first-order valence-corrected chi connectivity index (χ1v) is 6.81. The van der Waals surface area contributed by atoms with Gasteiger partial charge in [-0.2, -0.15) is 0 Å². The third kappa shape index (κ3) is 3.19. The zero-order valence-electron chi connectivity index (χ0n) is 10.5. The maximum Gasteiger partial charge on any atom is 0.320 e. The van der Waals surface area contributed by atoms with Gasteiger partial charge in [0.05, 0.1) is 6.10 Å². The van der Waals surface area contributed by atoms with Gasteiger partial charge in [0.25, 0.3) is 0 Å². The lowest BCUT2D eigenvalue weighted by atomic mass is 9.83. The highest BCUT2D eigenvalue weighted by Gasteiger charge is 2.40. The van der Waals surface area contributed by atoms with Crippen molar-refractivity contribution in [1.29, 1.82) is 0 Å². The van der Waals surface area contributed by atoms with E-state index in [9.17, 15) is 4.79 Å². The molecule has 4 atom stereocenters. The summed E-state index contributed by atoms with van der Waals surface area (Å²) in [6, 6.07) is 0.0240. The molecule has 2 fully saturated rings. The van der Waals surface area contributed by atoms with Gasteiger partial charge in [-0.05, 0) is 38.0 Å². The van der Waals surface area contributed by atoms with Crippen LogP contribution >= 0.6 is 0 Å². The SMILES string of the molecule is CCCCOC1CCC2CC(C(=O)O)NC2C1. The number of unbranched alkanes of at least 4 members (excludes halogenated alkanes) is 1. The third-order valence-corrected chi connectivity index (χ3v) is 4.05. The number of fused-ring (bicyclic) bond motifs is 1. The van der Waals surface area contributed by atoms with Crippen molar-refractivity contribution >= 4 is 5.97 Å². The molecule has 98 valence electrons. The molecular weight excluding hydrogens is 218 g/mol. The van der Waals surface area contributed by atoms with E-state index in [-0.39, 0.29) is 6.04 Å². The summed E-state index contributed by atoms with van der Waals surface area (Å²) in [5.74, 6) is -0.162. The summed E-state index contributed by atoms with van der Waals surface area (Å²) in [5, 5.41) is 12.2. The third-order valence-electron chi connectivity index (χ3n) is 4.05. The molecule has 0 radical (unpaired) electrons. The fourth-order valence-electron chi connectivity index (χ4n) is 3.03. The van der Waals surface area contributed by atoms with E-state index < -0.39 is 5.97 Å². The summed E-state index contributed by atoms with van der Waals surface area (Å²) < 4.78 is 5.84. The number of hydrogen-bond acceptors (Lipinski definition) is 3. The molecule has 2 aliphatic rings. The molecule has 0 aromatic rings. The molecule has 17 heavy (non-hydrogen) atoms. The smallest absolute Gasteiger partial charge is 0.320 e. The van der Waals surface area contributed by atoms with Crippen LogP contribution in [0.25, 0.3) is 0 Å². The zero-order chi connectivity index (χ0) is 12.3. The van der Waals surface area contributed by atoms with Crippen LogP contribution in [0.5, 0.6) is 0 Å². The van der Waals surface area contributed by atoms with Crippen molar-refractivity contribution in [2.45, 2.75) is 63.6 Å². The number of carboxylic acids is 1. The van der Waals surface area contributed by atoms with E-state index in [2.05, 4.69) is 12.2 Å². The molecule has 0 amide bonds. The molecule has 0 spiro atoms. The summed E-state index contributed by atoms with van der Waals surface area (Å²) in [6.45, 7) is 3.01. The summed E-state index contributed by atoms with van der Waals surface area (Å²) in [5.41, 5.74) is 0. The summed E-state index contributed by atoms with van der Waals surface area (Å²) in [7, 11) is 0. The predicted octanol–water partition coefficient (Wildman–Crippen LogP) is 1.79. The van der Waals surface area contributed by atoms with Gasteiger partial charge in [-0.25, -0.2) is 0 Å². The van der Waals surface area contributed by atoms with Gasteiger partial charge in [0.15, 0.2) is 0 Å². The Kier molecular flexibility index (Phi) is 4.40.